The van der Waals surface area contributed by atoms with Gasteiger partial charge in [0.1, 0.15) is 11.6 Å². The number of aliphatic hydroxyl groups is 1. The number of aliphatic hydroxyl groups excluding tert-OH is 1. The minimum atomic E-state index is -0.432. The highest BCUT2D eigenvalue weighted by atomic mass is 16.3. The van der Waals surface area contributed by atoms with E-state index < -0.39 is 6.10 Å². The second-order valence-electron chi connectivity index (χ2n) is 6.53. The summed E-state index contributed by atoms with van der Waals surface area (Å²) in [5.41, 5.74) is 6.76. The topological polar surface area (TPSA) is 75.3 Å². The molecule has 2 aromatic rings. The molecule has 5 heteroatoms. The average Bonchev–Trinajstić information content (AvgIpc) is 2.81. The Bertz CT molecular complexity index is 634. The van der Waals surface area contributed by atoms with E-state index >= 15 is 0 Å². The molecule has 3 N–H and O–H groups in total. The monoisotopic (exact) mass is 326 g/mol. The van der Waals surface area contributed by atoms with E-state index in [0.717, 1.165) is 30.8 Å². The summed E-state index contributed by atoms with van der Waals surface area (Å²) < 4.78 is 0. The Morgan fingerprint density at radius 2 is 2.00 bits per heavy atom. The minimum absolute atomic E-state index is 0.340. The summed E-state index contributed by atoms with van der Waals surface area (Å²) in [5.74, 6) is 1.27. The summed E-state index contributed by atoms with van der Waals surface area (Å²) >= 11 is 0. The number of nitrogens with two attached hydrogens (primary N) is 1. The van der Waals surface area contributed by atoms with Crippen LogP contribution in [0.1, 0.15) is 49.6 Å². The van der Waals surface area contributed by atoms with Gasteiger partial charge in [0.2, 0.25) is 0 Å². The molecule has 3 rings (SSSR count). The second kappa shape index (κ2) is 8.22. The predicted octanol–water partition coefficient (Wildman–Crippen LogP) is 2.93. The molecule has 1 aliphatic rings. The first-order valence-electron chi connectivity index (χ1n) is 8.77. The van der Waals surface area contributed by atoms with Gasteiger partial charge in [-0.05, 0) is 37.4 Å². The summed E-state index contributed by atoms with van der Waals surface area (Å²) in [6.07, 6.45) is 6.76. The lowest BCUT2D eigenvalue weighted by atomic mass is 9.98. The number of nitrogen functional groups attached to an aromatic ring is 1. The van der Waals surface area contributed by atoms with Crippen LogP contribution in [0.15, 0.2) is 42.6 Å². The first-order valence-corrected chi connectivity index (χ1v) is 8.77. The zero-order valence-corrected chi connectivity index (χ0v) is 14.0. The molecule has 0 unspecified atom stereocenters. The normalized spacial score (nSPS) is 20.5. The molecule has 0 radical (unpaired) electrons. The Balaban J connectivity index is 1.70. The standard InChI is InChI=1S/C19H26N4O/c20-18-10-11-21-19(22-18)14-23-12-6-2-5-9-16(23)13-17(24)15-7-3-1-4-8-15/h1,3-4,7-8,10-11,16-17,24H,2,5-6,9,12-14H2,(H2,20,21,22)/t16-,17+/m1/s1. The molecule has 1 fully saturated rings. The zero-order chi connectivity index (χ0) is 16.8. The van der Waals surface area contributed by atoms with Gasteiger partial charge in [0.25, 0.3) is 0 Å². The molecule has 2 atom stereocenters. The molecule has 0 spiro atoms. The van der Waals surface area contributed by atoms with E-state index in [1.165, 1.54) is 19.3 Å². The number of nitrogens with zero attached hydrogens (tertiary/aromatic N) is 3. The molecule has 1 aromatic heterocycles. The summed E-state index contributed by atoms with van der Waals surface area (Å²) in [7, 11) is 0. The quantitative estimate of drug-likeness (QED) is 0.883. The summed E-state index contributed by atoms with van der Waals surface area (Å²) in [6, 6.07) is 12.0. The first kappa shape index (κ1) is 16.9. The van der Waals surface area contributed by atoms with E-state index in [2.05, 4.69) is 14.9 Å². The fourth-order valence-electron chi connectivity index (χ4n) is 3.45. The van der Waals surface area contributed by atoms with Crippen LogP contribution >= 0.6 is 0 Å². The molecule has 1 saturated heterocycles. The third kappa shape index (κ3) is 4.52. The molecule has 0 aliphatic carbocycles. The van der Waals surface area contributed by atoms with E-state index in [4.69, 9.17) is 5.73 Å². The van der Waals surface area contributed by atoms with E-state index in [1.54, 1.807) is 12.3 Å². The lowest BCUT2D eigenvalue weighted by Crippen LogP contribution is -2.36. The van der Waals surface area contributed by atoms with E-state index in [9.17, 15) is 5.11 Å². The fourth-order valence-corrected chi connectivity index (χ4v) is 3.45. The molecule has 1 aromatic carbocycles. The minimum Gasteiger partial charge on any atom is -0.388 e. The maximum Gasteiger partial charge on any atom is 0.144 e. The molecule has 128 valence electrons. The lowest BCUT2D eigenvalue weighted by Gasteiger charge is -2.31. The van der Waals surface area contributed by atoms with Gasteiger partial charge in [-0.15, -0.1) is 0 Å². The van der Waals surface area contributed by atoms with Gasteiger partial charge in [0.15, 0.2) is 0 Å². The third-order valence-corrected chi connectivity index (χ3v) is 4.75. The van der Waals surface area contributed by atoms with Crippen molar-refractivity contribution in [2.45, 2.75) is 50.8 Å². The molecule has 0 amide bonds. The van der Waals surface area contributed by atoms with Crippen molar-refractivity contribution in [2.75, 3.05) is 12.3 Å². The number of benzene rings is 1. The smallest absolute Gasteiger partial charge is 0.144 e. The van der Waals surface area contributed by atoms with Crippen molar-refractivity contribution >= 4 is 5.82 Å². The summed E-state index contributed by atoms with van der Waals surface area (Å²) in [6.45, 7) is 1.71. The van der Waals surface area contributed by atoms with Gasteiger partial charge in [-0.2, -0.15) is 0 Å². The van der Waals surface area contributed by atoms with Gasteiger partial charge >= 0.3 is 0 Å². The van der Waals surface area contributed by atoms with Crippen molar-refractivity contribution in [1.29, 1.82) is 0 Å². The van der Waals surface area contributed by atoms with Crippen LogP contribution in [0.25, 0.3) is 0 Å². The Morgan fingerprint density at radius 1 is 1.17 bits per heavy atom. The van der Waals surface area contributed by atoms with Crippen LogP contribution in [0.4, 0.5) is 5.82 Å². The Hall–Kier alpha value is -1.98. The van der Waals surface area contributed by atoms with Crippen molar-refractivity contribution in [3.05, 3.63) is 54.0 Å². The SMILES string of the molecule is Nc1ccnc(CN2CCCCC[C@@H]2C[C@H](O)c2ccccc2)n1. The van der Waals surface area contributed by atoms with Gasteiger partial charge < -0.3 is 10.8 Å². The van der Waals surface area contributed by atoms with E-state index in [-0.39, 0.29) is 0 Å². The molecule has 0 saturated carbocycles. The molecule has 24 heavy (non-hydrogen) atoms. The van der Waals surface area contributed by atoms with E-state index in [1.807, 2.05) is 30.3 Å². The van der Waals surface area contributed by atoms with Crippen molar-refractivity contribution in [3.63, 3.8) is 0 Å². The van der Waals surface area contributed by atoms with Gasteiger partial charge in [0, 0.05) is 12.2 Å². The molecule has 2 heterocycles. The maximum absolute atomic E-state index is 10.6. The Labute approximate surface area is 143 Å². The number of likely N-dealkylation sites (tertiary alicyclic amines) is 1. The molecule has 5 nitrogen and oxygen atoms in total. The van der Waals surface area contributed by atoms with Crippen LogP contribution in [-0.4, -0.2) is 32.6 Å². The number of aromatic nitrogens is 2. The van der Waals surface area contributed by atoms with Crippen LogP contribution in [-0.2, 0) is 6.54 Å². The number of rotatable bonds is 5. The average molecular weight is 326 g/mol. The number of hydrogen-bond acceptors (Lipinski definition) is 5. The fraction of sp³-hybridized carbons (Fsp3) is 0.474. The van der Waals surface area contributed by atoms with Crippen LogP contribution < -0.4 is 5.73 Å². The number of hydrogen-bond donors (Lipinski definition) is 2. The van der Waals surface area contributed by atoms with E-state index in [0.29, 0.717) is 18.4 Å². The third-order valence-electron chi connectivity index (χ3n) is 4.75. The van der Waals surface area contributed by atoms with Gasteiger partial charge in [-0.1, -0.05) is 43.2 Å². The highest BCUT2D eigenvalue weighted by Gasteiger charge is 2.25. The number of anilines is 1. The van der Waals surface area contributed by atoms with Crippen molar-refractivity contribution in [1.82, 2.24) is 14.9 Å². The molecular weight excluding hydrogens is 300 g/mol. The molecule has 0 bridgehead atoms. The van der Waals surface area contributed by atoms with Gasteiger partial charge in [-0.25, -0.2) is 9.97 Å². The van der Waals surface area contributed by atoms with Crippen LogP contribution in [0.3, 0.4) is 0 Å². The summed E-state index contributed by atoms with van der Waals surface area (Å²) in [5, 5.41) is 10.6. The maximum atomic E-state index is 10.6. The van der Waals surface area contributed by atoms with Crippen molar-refractivity contribution in [2.24, 2.45) is 0 Å². The Morgan fingerprint density at radius 3 is 2.79 bits per heavy atom. The Kier molecular flexibility index (Phi) is 5.77. The van der Waals surface area contributed by atoms with Crippen LogP contribution in [0.2, 0.25) is 0 Å². The predicted molar refractivity (Wildman–Crippen MR) is 95.1 cm³/mol. The largest absolute Gasteiger partial charge is 0.388 e. The van der Waals surface area contributed by atoms with Crippen molar-refractivity contribution in [3.8, 4) is 0 Å². The molecule has 1 aliphatic heterocycles. The second-order valence-corrected chi connectivity index (χ2v) is 6.53. The first-order chi connectivity index (χ1) is 11.7. The summed E-state index contributed by atoms with van der Waals surface area (Å²) in [4.78, 5) is 11.1. The van der Waals surface area contributed by atoms with Gasteiger partial charge in [-0.3, -0.25) is 4.90 Å². The van der Waals surface area contributed by atoms with Crippen LogP contribution in [0, 0.1) is 0 Å². The highest BCUT2D eigenvalue weighted by Crippen LogP contribution is 2.27. The molecular formula is C19H26N4O. The zero-order valence-electron chi connectivity index (χ0n) is 14.0. The van der Waals surface area contributed by atoms with Crippen molar-refractivity contribution < 1.29 is 5.11 Å². The highest BCUT2D eigenvalue weighted by molar-refractivity contribution is 5.25. The lowest BCUT2D eigenvalue weighted by molar-refractivity contribution is 0.0960. The van der Waals surface area contributed by atoms with Gasteiger partial charge in [0.05, 0.1) is 12.6 Å². The van der Waals surface area contributed by atoms with Crippen LogP contribution in [0.5, 0.6) is 0 Å².